The lowest BCUT2D eigenvalue weighted by Crippen LogP contribution is -2.15. The van der Waals surface area contributed by atoms with Gasteiger partial charge in [-0.25, -0.2) is 0 Å². The smallest absolute Gasteiger partial charge is 0.0270 e. The molecular formula is C9H14N2. The monoisotopic (exact) mass is 150 g/mol. The molecule has 1 rings (SSSR count). The average molecular weight is 150 g/mol. The van der Waals surface area contributed by atoms with Gasteiger partial charge in [-0.3, -0.25) is 4.98 Å². The zero-order chi connectivity index (χ0) is 7.94. The lowest BCUT2D eigenvalue weighted by molar-refractivity contribution is 0.716. The molecule has 0 amide bonds. The van der Waals surface area contributed by atoms with E-state index < -0.39 is 0 Å². The molecule has 0 aliphatic heterocycles. The molecule has 0 aromatic carbocycles. The second-order valence-electron chi connectivity index (χ2n) is 2.46. The minimum atomic E-state index is 1.05. The van der Waals surface area contributed by atoms with Crippen LogP contribution in [-0.2, 0) is 6.42 Å². The summed E-state index contributed by atoms with van der Waals surface area (Å²) in [4.78, 5) is 3.95. The molecule has 2 heteroatoms. The predicted octanol–water partition coefficient (Wildman–Crippen LogP) is 1.23. The summed E-state index contributed by atoms with van der Waals surface area (Å²) in [6.45, 7) is 4.22. The van der Waals surface area contributed by atoms with Crippen LogP contribution >= 0.6 is 0 Å². The Morgan fingerprint density at radius 3 is 2.73 bits per heavy atom. The van der Waals surface area contributed by atoms with Crippen LogP contribution in [0.15, 0.2) is 24.5 Å². The Labute approximate surface area is 67.7 Å². The van der Waals surface area contributed by atoms with Crippen LogP contribution in [0.3, 0.4) is 0 Å². The maximum atomic E-state index is 3.95. The van der Waals surface area contributed by atoms with Gasteiger partial charge in [-0.05, 0) is 37.2 Å². The maximum Gasteiger partial charge on any atom is 0.0270 e. The van der Waals surface area contributed by atoms with E-state index >= 15 is 0 Å². The molecule has 0 saturated heterocycles. The number of aromatic nitrogens is 1. The lowest BCUT2D eigenvalue weighted by atomic mass is 10.2. The van der Waals surface area contributed by atoms with Crippen molar-refractivity contribution in [2.75, 3.05) is 13.1 Å². The highest BCUT2D eigenvalue weighted by molar-refractivity contribution is 5.09. The summed E-state index contributed by atoms with van der Waals surface area (Å²) in [6.07, 6.45) is 4.76. The maximum absolute atomic E-state index is 3.95. The van der Waals surface area contributed by atoms with Gasteiger partial charge in [-0.2, -0.15) is 0 Å². The van der Waals surface area contributed by atoms with Gasteiger partial charge in [0.2, 0.25) is 0 Å². The third kappa shape index (κ3) is 3.14. The molecular weight excluding hydrogens is 136 g/mol. The topological polar surface area (TPSA) is 24.9 Å². The van der Waals surface area contributed by atoms with Crippen LogP contribution in [0.25, 0.3) is 0 Å². The molecule has 0 saturated carbocycles. The quantitative estimate of drug-likeness (QED) is 0.653. The van der Waals surface area contributed by atoms with Gasteiger partial charge in [-0.15, -0.1) is 0 Å². The number of hydrogen-bond donors (Lipinski definition) is 1. The Kier molecular flexibility index (Phi) is 3.62. The largest absolute Gasteiger partial charge is 0.317 e. The molecule has 0 aliphatic rings. The fraction of sp³-hybridized carbons (Fsp3) is 0.444. The summed E-state index contributed by atoms with van der Waals surface area (Å²) in [5.41, 5.74) is 1.35. The highest BCUT2D eigenvalue weighted by Gasteiger charge is 1.88. The summed E-state index contributed by atoms with van der Waals surface area (Å²) in [6, 6.07) is 4.11. The fourth-order valence-corrected chi connectivity index (χ4v) is 0.959. The Bertz CT molecular complexity index is 184. The Morgan fingerprint density at radius 2 is 2.09 bits per heavy atom. The molecule has 1 aromatic rings. The van der Waals surface area contributed by atoms with E-state index in [9.17, 15) is 0 Å². The minimum Gasteiger partial charge on any atom is -0.317 e. The van der Waals surface area contributed by atoms with Crippen LogP contribution in [0, 0.1) is 0 Å². The standard InChI is InChI=1S/C9H14N2/c1-2-10-6-3-9-4-7-11-8-5-9/h4-5,7-8,10H,2-3,6H2,1H3. The van der Waals surface area contributed by atoms with Gasteiger partial charge >= 0.3 is 0 Å². The van der Waals surface area contributed by atoms with E-state index in [-0.39, 0.29) is 0 Å². The summed E-state index contributed by atoms with van der Waals surface area (Å²) < 4.78 is 0. The Balaban J connectivity index is 2.28. The third-order valence-electron chi connectivity index (χ3n) is 1.59. The van der Waals surface area contributed by atoms with Crippen LogP contribution in [0.5, 0.6) is 0 Å². The predicted molar refractivity (Wildman–Crippen MR) is 46.5 cm³/mol. The van der Waals surface area contributed by atoms with Crippen LogP contribution in [0.1, 0.15) is 12.5 Å². The van der Waals surface area contributed by atoms with E-state index in [2.05, 4.69) is 29.4 Å². The van der Waals surface area contributed by atoms with E-state index in [0.717, 1.165) is 19.5 Å². The first-order valence-electron chi connectivity index (χ1n) is 4.03. The molecule has 1 N–H and O–H groups in total. The minimum absolute atomic E-state index is 1.05. The second kappa shape index (κ2) is 4.85. The molecule has 0 radical (unpaired) electrons. The van der Waals surface area contributed by atoms with E-state index in [1.54, 1.807) is 0 Å². The van der Waals surface area contributed by atoms with E-state index in [4.69, 9.17) is 0 Å². The Morgan fingerprint density at radius 1 is 1.36 bits per heavy atom. The first-order valence-corrected chi connectivity index (χ1v) is 4.03. The molecule has 0 bridgehead atoms. The summed E-state index contributed by atoms with van der Waals surface area (Å²) in [5.74, 6) is 0. The van der Waals surface area contributed by atoms with Crippen molar-refractivity contribution in [3.8, 4) is 0 Å². The summed E-state index contributed by atoms with van der Waals surface area (Å²) in [7, 11) is 0. The van der Waals surface area contributed by atoms with Gasteiger partial charge < -0.3 is 5.32 Å². The van der Waals surface area contributed by atoms with Gasteiger partial charge in [0.25, 0.3) is 0 Å². The van der Waals surface area contributed by atoms with Gasteiger partial charge in [0.15, 0.2) is 0 Å². The molecule has 0 spiro atoms. The first kappa shape index (κ1) is 8.21. The van der Waals surface area contributed by atoms with Crippen molar-refractivity contribution in [2.45, 2.75) is 13.3 Å². The lowest BCUT2D eigenvalue weighted by Gasteiger charge is -2.00. The van der Waals surface area contributed by atoms with Crippen molar-refractivity contribution in [1.29, 1.82) is 0 Å². The van der Waals surface area contributed by atoms with Crippen molar-refractivity contribution in [3.63, 3.8) is 0 Å². The van der Waals surface area contributed by atoms with Gasteiger partial charge in [0, 0.05) is 12.4 Å². The Hall–Kier alpha value is -0.890. The zero-order valence-corrected chi connectivity index (χ0v) is 6.88. The first-order chi connectivity index (χ1) is 5.43. The van der Waals surface area contributed by atoms with Crippen molar-refractivity contribution >= 4 is 0 Å². The fourth-order valence-electron chi connectivity index (χ4n) is 0.959. The number of rotatable bonds is 4. The molecule has 0 unspecified atom stereocenters. The molecule has 2 nitrogen and oxygen atoms in total. The number of likely N-dealkylation sites (N-methyl/N-ethyl adjacent to an activating group) is 1. The van der Waals surface area contributed by atoms with Gasteiger partial charge in [0.05, 0.1) is 0 Å². The zero-order valence-electron chi connectivity index (χ0n) is 6.88. The van der Waals surface area contributed by atoms with E-state index in [0.29, 0.717) is 0 Å². The highest BCUT2D eigenvalue weighted by atomic mass is 14.8. The van der Waals surface area contributed by atoms with Crippen LogP contribution < -0.4 is 5.32 Å². The van der Waals surface area contributed by atoms with Gasteiger partial charge in [-0.1, -0.05) is 6.92 Å². The van der Waals surface area contributed by atoms with Crippen LogP contribution in [-0.4, -0.2) is 18.1 Å². The molecule has 1 heterocycles. The number of hydrogen-bond acceptors (Lipinski definition) is 2. The normalized spacial score (nSPS) is 9.91. The number of pyridine rings is 1. The van der Waals surface area contributed by atoms with Gasteiger partial charge in [0.1, 0.15) is 0 Å². The van der Waals surface area contributed by atoms with Crippen molar-refractivity contribution in [2.24, 2.45) is 0 Å². The molecule has 11 heavy (non-hydrogen) atoms. The SMILES string of the molecule is CCNCCc1ccncc1. The second-order valence-corrected chi connectivity index (χ2v) is 2.46. The molecule has 60 valence electrons. The van der Waals surface area contributed by atoms with Crippen molar-refractivity contribution in [3.05, 3.63) is 30.1 Å². The highest BCUT2D eigenvalue weighted by Crippen LogP contribution is 1.95. The average Bonchev–Trinajstić information content (AvgIpc) is 2.07. The molecule has 1 aromatic heterocycles. The van der Waals surface area contributed by atoms with E-state index in [1.807, 2.05) is 12.4 Å². The molecule has 0 aliphatic carbocycles. The van der Waals surface area contributed by atoms with E-state index in [1.165, 1.54) is 5.56 Å². The number of nitrogens with one attached hydrogen (secondary N) is 1. The summed E-state index contributed by atoms with van der Waals surface area (Å²) in [5, 5.41) is 3.28. The van der Waals surface area contributed by atoms with Crippen molar-refractivity contribution in [1.82, 2.24) is 10.3 Å². The summed E-state index contributed by atoms with van der Waals surface area (Å²) >= 11 is 0. The van der Waals surface area contributed by atoms with Crippen molar-refractivity contribution < 1.29 is 0 Å². The number of nitrogens with zero attached hydrogens (tertiary/aromatic N) is 1. The third-order valence-corrected chi connectivity index (χ3v) is 1.59. The van der Waals surface area contributed by atoms with Crippen LogP contribution in [0.2, 0.25) is 0 Å². The molecule has 0 fully saturated rings. The molecule has 0 atom stereocenters. The van der Waals surface area contributed by atoms with Crippen LogP contribution in [0.4, 0.5) is 0 Å².